The van der Waals surface area contributed by atoms with Crippen LogP contribution >= 0.6 is 0 Å². The van der Waals surface area contributed by atoms with Gasteiger partial charge in [-0.25, -0.2) is 0 Å². The molecule has 1 aliphatic heterocycles. The summed E-state index contributed by atoms with van der Waals surface area (Å²) in [7, 11) is 1.68. The molecule has 0 aliphatic carbocycles. The predicted octanol–water partition coefficient (Wildman–Crippen LogP) is 4.21. The van der Waals surface area contributed by atoms with E-state index < -0.39 is 0 Å². The summed E-state index contributed by atoms with van der Waals surface area (Å²) in [6, 6.07) is 6.02. The van der Waals surface area contributed by atoms with Crippen LogP contribution in [0.25, 0.3) is 0 Å². The average Bonchev–Trinajstić information content (AvgIpc) is 2.46. The first kappa shape index (κ1) is 15.2. The Labute approximate surface area is 122 Å². The Hall–Kier alpha value is -1.22. The number of hydrogen-bond acceptors (Lipinski definition) is 3. The second-order valence-corrected chi connectivity index (χ2v) is 5.69. The fourth-order valence-corrected chi connectivity index (χ4v) is 2.84. The van der Waals surface area contributed by atoms with E-state index in [0.29, 0.717) is 0 Å². The van der Waals surface area contributed by atoms with Crippen molar-refractivity contribution in [2.75, 3.05) is 7.11 Å². The van der Waals surface area contributed by atoms with Crippen LogP contribution in [0, 0.1) is 0 Å². The van der Waals surface area contributed by atoms with Gasteiger partial charge in [0.05, 0.1) is 7.11 Å². The molecule has 2 rings (SSSR count). The number of unbranched alkanes of at least 4 members (excludes halogenated alkanes) is 4. The van der Waals surface area contributed by atoms with Crippen molar-refractivity contribution in [3.63, 3.8) is 0 Å². The molecule has 0 saturated carbocycles. The van der Waals surface area contributed by atoms with Gasteiger partial charge in [-0.2, -0.15) is 0 Å². The highest BCUT2D eigenvalue weighted by atomic mass is 16.5. The lowest BCUT2D eigenvalue weighted by Crippen LogP contribution is -2.29. The van der Waals surface area contributed by atoms with Gasteiger partial charge in [-0.15, -0.1) is 0 Å². The molecule has 0 fully saturated rings. The standard InChI is InChI=1S/C17H27NO2/c1-3-4-5-6-7-8-14-11-16(18)15-10-9-13(19-2)12-17(15)20-14/h9-10,12,14,16H,3-8,11,18H2,1-2H3. The van der Waals surface area contributed by atoms with Gasteiger partial charge in [0, 0.05) is 24.1 Å². The molecule has 0 radical (unpaired) electrons. The van der Waals surface area contributed by atoms with E-state index in [-0.39, 0.29) is 12.1 Å². The van der Waals surface area contributed by atoms with Gasteiger partial charge in [0.1, 0.15) is 17.6 Å². The van der Waals surface area contributed by atoms with E-state index in [1.54, 1.807) is 7.11 Å². The van der Waals surface area contributed by atoms with Crippen molar-refractivity contribution < 1.29 is 9.47 Å². The van der Waals surface area contributed by atoms with E-state index in [0.717, 1.165) is 29.9 Å². The van der Waals surface area contributed by atoms with Crippen molar-refractivity contribution in [1.82, 2.24) is 0 Å². The summed E-state index contributed by atoms with van der Waals surface area (Å²) < 4.78 is 11.3. The molecule has 0 spiro atoms. The van der Waals surface area contributed by atoms with Crippen LogP contribution in [-0.4, -0.2) is 13.2 Å². The van der Waals surface area contributed by atoms with Crippen LogP contribution in [-0.2, 0) is 0 Å². The van der Waals surface area contributed by atoms with Crippen LogP contribution in [0.15, 0.2) is 18.2 Å². The molecule has 1 aromatic carbocycles. The van der Waals surface area contributed by atoms with Crippen molar-refractivity contribution in [3.05, 3.63) is 23.8 Å². The Kier molecular flexibility index (Phi) is 5.72. The number of nitrogens with two attached hydrogens (primary N) is 1. The number of hydrogen-bond donors (Lipinski definition) is 1. The average molecular weight is 277 g/mol. The molecule has 0 saturated heterocycles. The minimum atomic E-state index is 0.0882. The lowest BCUT2D eigenvalue weighted by molar-refractivity contribution is 0.146. The van der Waals surface area contributed by atoms with Crippen LogP contribution in [0.5, 0.6) is 11.5 Å². The molecule has 0 amide bonds. The Morgan fingerprint density at radius 2 is 2.05 bits per heavy atom. The third-order valence-corrected chi connectivity index (χ3v) is 4.06. The Balaban J connectivity index is 1.89. The van der Waals surface area contributed by atoms with Gasteiger partial charge in [-0.3, -0.25) is 0 Å². The summed E-state index contributed by atoms with van der Waals surface area (Å²) in [5.74, 6) is 1.74. The van der Waals surface area contributed by atoms with E-state index in [4.69, 9.17) is 15.2 Å². The van der Waals surface area contributed by atoms with E-state index in [9.17, 15) is 0 Å². The molecular formula is C17H27NO2. The van der Waals surface area contributed by atoms with Gasteiger partial charge in [-0.1, -0.05) is 38.7 Å². The molecule has 1 aromatic rings. The Bertz CT molecular complexity index is 419. The lowest BCUT2D eigenvalue weighted by Gasteiger charge is -2.30. The van der Waals surface area contributed by atoms with Gasteiger partial charge in [0.15, 0.2) is 0 Å². The Morgan fingerprint density at radius 1 is 1.25 bits per heavy atom. The number of ether oxygens (including phenoxy) is 2. The molecule has 0 bridgehead atoms. The fraction of sp³-hybridized carbons (Fsp3) is 0.647. The Morgan fingerprint density at radius 3 is 2.80 bits per heavy atom. The van der Waals surface area contributed by atoms with Crippen LogP contribution < -0.4 is 15.2 Å². The number of rotatable bonds is 7. The molecular weight excluding hydrogens is 250 g/mol. The van der Waals surface area contributed by atoms with Crippen molar-refractivity contribution in [2.24, 2.45) is 5.73 Å². The zero-order valence-corrected chi connectivity index (χ0v) is 12.7. The third-order valence-electron chi connectivity index (χ3n) is 4.06. The highest BCUT2D eigenvalue weighted by Gasteiger charge is 2.25. The second kappa shape index (κ2) is 7.53. The first-order valence-electron chi connectivity index (χ1n) is 7.84. The van der Waals surface area contributed by atoms with Gasteiger partial charge >= 0.3 is 0 Å². The summed E-state index contributed by atoms with van der Waals surface area (Å²) >= 11 is 0. The highest BCUT2D eigenvalue weighted by molar-refractivity contribution is 5.43. The smallest absolute Gasteiger partial charge is 0.128 e. The minimum absolute atomic E-state index is 0.0882. The molecule has 2 unspecified atom stereocenters. The summed E-state index contributed by atoms with van der Waals surface area (Å²) in [5.41, 5.74) is 7.36. The van der Waals surface area contributed by atoms with E-state index >= 15 is 0 Å². The first-order chi connectivity index (χ1) is 9.74. The first-order valence-corrected chi connectivity index (χ1v) is 7.84. The van der Waals surface area contributed by atoms with Crippen molar-refractivity contribution in [2.45, 2.75) is 64.0 Å². The molecule has 2 N–H and O–H groups in total. The molecule has 3 heteroatoms. The zero-order chi connectivity index (χ0) is 14.4. The van der Waals surface area contributed by atoms with Crippen LogP contribution in [0.1, 0.15) is 63.5 Å². The number of fused-ring (bicyclic) bond motifs is 1. The normalized spacial score (nSPS) is 21.1. The molecule has 1 aliphatic rings. The van der Waals surface area contributed by atoms with E-state index in [1.807, 2.05) is 18.2 Å². The van der Waals surface area contributed by atoms with E-state index in [2.05, 4.69) is 6.92 Å². The zero-order valence-electron chi connectivity index (χ0n) is 12.7. The molecule has 0 aromatic heterocycles. The predicted molar refractivity (Wildman–Crippen MR) is 82.3 cm³/mol. The molecule has 1 heterocycles. The molecule has 2 atom stereocenters. The van der Waals surface area contributed by atoms with Crippen molar-refractivity contribution in [1.29, 1.82) is 0 Å². The van der Waals surface area contributed by atoms with Crippen molar-refractivity contribution in [3.8, 4) is 11.5 Å². The molecule has 3 nitrogen and oxygen atoms in total. The fourth-order valence-electron chi connectivity index (χ4n) is 2.84. The number of benzene rings is 1. The maximum Gasteiger partial charge on any atom is 0.128 e. The molecule has 112 valence electrons. The van der Waals surface area contributed by atoms with Crippen LogP contribution in [0.4, 0.5) is 0 Å². The minimum Gasteiger partial charge on any atom is -0.497 e. The van der Waals surface area contributed by atoms with Crippen LogP contribution in [0.2, 0.25) is 0 Å². The summed E-state index contributed by atoms with van der Waals surface area (Å²) in [4.78, 5) is 0. The summed E-state index contributed by atoms with van der Waals surface area (Å²) in [5, 5.41) is 0. The van der Waals surface area contributed by atoms with Gasteiger partial charge < -0.3 is 15.2 Å². The topological polar surface area (TPSA) is 44.5 Å². The van der Waals surface area contributed by atoms with E-state index in [1.165, 1.54) is 32.1 Å². The van der Waals surface area contributed by atoms with Gasteiger partial charge in [0.25, 0.3) is 0 Å². The van der Waals surface area contributed by atoms with Crippen molar-refractivity contribution >= 4 is 0 Å². The maximum atomic E-state index is 6.26. The largest absolute Gasteiger partial charge is 0.497 e. The maximum absolute atomic E-state index is 6.26. The monoisotopic (exact) mass is 277 g/mol. The highest BCUT2D eigenvalue weighted by Crippen LogP contribution is 2.37. The number of methoxy groups -OCH3 is 1. The van der Waals surface area contributed by atoms with Gasteiger partial charge in [-0.05, 0) is 18.9 Å². The summed E-state index contributed by atoms with van der Waals surface area (Å²) in [6.45, 7) is 2.24. The third kappa shape index (κ3) is 3.89. The lowest BCUT2D eigenvalue weighted by atomic mass is 9.94. The summed E-state index contributed by atoms with van der Waals surface area (Å²) in [6.07, 6.45) is 8.78. The van der Waals surface area contributed by atoms with Gasteiger partial charge in [0.2, 0.25) is 0 Å². The molecule has 20 heavy (non-hydrogen) atoms. The second-order valence-electron chi connectivity index (χ2n) is 5.69. The van der Waals surface area contributed by atoms with Crippen LogP contribution in [0.3, 0.4) is 0 Å². The quantitative estimate of drug-likeness (QED) is 0.759. The SMILES string of the molecule is CCCCCCCC1CC(N)c2ccc(OC)cc2O1.